The number of aromatic amines is 1. The van der Waals surface area contributed by atoms with Crippen molar-refractivity contribution in [1.29, 1.82) is 0 Å². The Bertz CT molecular complexity index is 952. The summed E-state index contributed by atoms with van der Waals surface area (Å²) >= 11 is 0. The summed E-state index contributed by atoms with van der Waals surface area (Å²) in [6, 6.07) is 2.35. The molecule has 3 aromatic rings. The first-order valence-corrected chi connectivity index (χ1v) is 6.70. The standard InChI is InChI=1S/C14H8F5N3O3/c15-7-2-1-6(11-10(7)22-13(23)25-11)8-3-21-9(4-20-8)24-5-14(18,19)12(16)17/h1-4,12H,5H2,(H,22,23). The maximum atomic E-state index is 13.6. The van der Waals surface area contributed by atoms with Crippen LogP contribution in [0.1, 0.15) is 0 Å². The van der Waals surface area contributed by atoms with Gasteiger partial charge in [0.1, 0.15) is 5.52 Å². The summed E-state index contributed by atoms with van der Waals surface area (Å²) in [6.07, 6.45) is -1.87. The molecule has 132 valence electrons. The van der Waals surface area contributed by atoms with E-state index in [1.165, 1.54) is 6.07 Å². The molecule has 0 aliphatic heterocycles. The minimum absolute atomic E-state index is 0.0998. The molecule has 0 unspecified atom stereocenters. The highest BCUT2D eigenvalue weighted by atomic mass is 19.3. The van der Waals surface area contributed by atoms with Gasteiger partial charge >= 0.3 is 18.1 Å². The molecule has 0 aliphatic rings. The molecule has 25 heavy (non-hydrogen) atoms. The average molecular weight is 361 g/mol. The van der Waals surface area contributed by atoms with Crippen LogP contribution in [-0.2, 0) is 0 Å². The van der Waals surface area contributed by atoms with Gasteiger partial charge in [0.25, 0.3) is 0 Å². The molecule has 1 aromatic carbocycles. The topological polar surface area (TPSA) is 81.0 Å². The Labute approximate surface area is 135 Å². The molecular formula is C14H8F5N3O3. The van der Waals surface area contributed by atoms with E-state index in [1.54, 1.807) is 0 Å². The van der Waals surface area contributed by atoms with E-state index in [4.69, 9.17) is 4.42 Å². The summed E-state index contributed by atoms with van der Waals surface area (Å²) in [5.41, 5.74) is 0.0748. The van der Waals surface area contributed by atoms with Gasteiger partial charge in [0.05, 0.1) is 18.1 Å². The molecule has 0 saturated heterocycles. The molecular weight excluding hydrogens is 353 g/mol. The lowest BCUT2D eigenvalue weighted by atomic mass is 10.1. The largest absolute Gasteiger partial charge is 0.470 e. The van der Waals surface area contributed by atoms with Crippen LogP contribution in [0.15, 0.2) is 33.7 Å². The summed E-state index contributed by atoms with van der Waals surface area (Å²) in [6.45, 7) is -1.56. The van der Waals surface area contributed by atoms with E-state index in [0.717, 1.165) is 18.5 Å². The van der Waals surface area contributed by atoms with Crippen LogP contribution < -0.4 is 10.5 Å². The van der Waals surface area contributed by atoms with Crippen LogP contribution in [0.5, 0.6) is 5.88 Å². The van der Waals surface area contributed by atoms with Crippen molar-refractivity contribution in [1.82, 2.24) is 15.0 Å². The number of nitrogens with one attached hydrogen (secondary N) is 1. The van der Waals surface area contributed by atoms with Crippen molar-refractivity contribution >= 4 is 11.1 Å². The van der Waals surface area contributed by atoms with E-state index in [9.17, 15) is 26.7 Å². The minimum atomic E-state index is -4.32. The third-order valence-corrected chi connectivity index (χ3v) is 3.16. The van der Waals surface area contributed by atoms with Gasteiger partial charge in [0, 0.05) is 5.56 Å². The lowest BCUT2D eigenvalue weighted by Crippen LogP contribution is -2.33. The SMILES string of the molecule is O=c1[nH]c2c(F)ccc(-c3cnc(OCC(F)(F)C(F)F)cn3)c2o1. The Morgan fingerprint density at radius 1 is 1.24 bits per heavy atom. The van der Waals surface area contributed by atoms with Gasteiger partial charge in [-0.1, -0.05) is 0 Å². The second-order valence-electron chi connectivity index (χ2n) is 4.90. The normalized spacial score (nSPS) is 12.1. The highest BCUT2D eigenvalue weighted by Crippen LogP contribution is 2.28. The molecule has 3 rings (SSSR count). The fraction of sp³-hybridized carbons (Fsp3) is 0.214. The Balaban J connectivity index is 1.86. The number of rotatable bonds is 5. The third kappa shape index (κ3) is 3.30. The van der Waals surface area contributed by atoms with Crippen molar-refractivity contribution in [2.75, 3.05) is 6.61 Å². The molecule has 2 aromatic heterocycles. The maximum absolute atomic E-state index is 13.6. The number of fused-ring (bicyclic) bond motifs is 1. The number of hydrogen-bond donors (Lipinski definition) is 1. The molecule has 0 saturated carbocycles. The second-order valence-corrected chi connectivity index (χ2v) is 4.90. The quantitative estimate of drug-likeness (QED) is 0.707. The first-order chi connectivity index (χ1) is 11.8. The molecule has 1 N–H and O–H groups in total. The maximum Gasteiger partial charge on any atom is 0.417 e. The summed E-state index contributed by atoms with van der Waals surface area (Å²) in [4.78, 5) is 20.9. The summed E-state index contributed by atoms with van der Waals surface area (Å²) in [5, 5.41) is 0. The number of oxazole rings is 1. The van der Waals surface area contributed by atoms with Crippen LogP contribution in [0.2, 0.25) is 0 Å². The molecule has 11 heteroatoms. The van der Waals surface area contributed by atoms with Gasteiger partial charge in [-0.15, -0.1) is 0 Å². The van der Waals surface area contributed by atoms with Crippen molar-refractivity contribution in [2.45, 2.75) is 12.3 Å². The number of hydrogen-bond acceptors (Lipinski definition) is 5. The van der Waals surface area contributed by atoms with E-state index < -0.39 is 36.4 Å². The van der Waals surface area contributed by atoms with E-state index >= 15 is 0 Å². The predicted molar refractivity (Wildman–Crippen MR) is 74.3 cm³/mol. The number of alkyl halides is 4. The van der Waals surface area contributed by atoms with E-state index in [1.807, 2.05) is 0 Å². The number of ether oxygens (including phenoxy) is 1. The highest BCUT2D eigenvalue weighted by Gasteiger charge is 2.41. The Hall–Kier alpha value is -2.98. The zero-order valence-electron chi connectivity index (χ0n) is 12.1. The molecule has 2 heterocycles. The van der Waals surface area contributed by atoms with Gasteiger partial charge in [-0.05, 0) is 12.1 Å². The third-order valence-electron chi connectivity index (χ3n) is 3.16. The molecule has 0 atom stereocenters. The molecule has 0 spiro atoms. The molecule has 0 amide bonds. The highest BCUT2D eigenvalue weighted by molar-refractivity contribution is 5.88. The second kappa shape index (κ2) is 6.15. The van der Waals surface area contributed by atoms with E-state index in [2.05, 4.69) is 19.7 Å². The first kappa shape index (κ1) is 16.9. The van der Waals surface area contributed by atoms with Gasteiger partial charge < -0.3 is 9.15 Å². The lowest BCUT2D eigenvalue weighted by molar-refractivity contribution is -0.148. The number of halogens is 5. The number of benzene rings is 1. The van der Waals surface area contributed by atoms with Crippen molar-refractivity contribution in [3.8, 4) is 17.1 Å². The summed E-state index contributed by atoms with van der Waals surface area (Å²) < 4.78 is 72.6. The van der Waals surface area contributed by atoms with Crippen molar-refractivity contribution < 1.29 is 31.1 Å². The van der Waals surface area contributed by atoms with Crippen LogP contribution in [0.4, 0.5) is 22.0 Å². The average Bonchev–Trinajstić information content (AvgIpc) is 2.96. The lowest BCUT2D eigenvalue weighted by Gasteiger charge is -2.15. The van der Waals surface area contributed by atoms with Crippen LogP contribution >= 0.6 is 0 Å². The Kier molecular flexibility index (Phi) is 4.15. The van der Waals surface area contributed by atoms with Gasteiger partial charge in [-0.2, -0.15) is 8.78 Å². The molecule has 6 nitrogen and oxygen atoms in total. The van der Waals surface area contributed by atoms with Crippen LogP contribution in [0, 0.1) is 5.82 Å². The van der Waals surface area contributed by atoms with Crippen molar-refractivity contribution in [2.24, 2.45) is 0 Å². The van der Waals surface area contributed by atoms with Gasteiger partial charge in [-0.25, -0.2) is 27.9 Å². The molecule has 0 bridgehead atoms. The van der Waals surface area contributed by atoms with Crippen LogP contribution in [-0.4, -0.2) is 33.9 Å². The van der Waals surface area contributed by atoms with E-state index in [-0.39, 0.29) is 22.4 Å². The van der Waals surface area contributed by atoms with Gasteiger partial charge in [0.2, 0.25) is 5.88 Å². The molecule has 0 radical (unpaired) electrons. The number of nitrogens with zero attached hydrogens (tertiary/aromatic N) is 2. The minimum Gasteiger partial charge on any atom is -0.470 e. The Morgan fingerprint density at radius 2 is 2.00 bits per heavy atom. The molecule has 0 aliphatic carbocycles. The van der Waals surface area contributed by atoms with Crippen molar-refractivity contribution in [3.63, 3.8) is 0 Å². The van der Waals surface area contributed by atoms with Gasteiger partial charge in [-0.3, -0.25) is 4.98 Å². The smallest absolute Gasteiger partial charge is 0.417 e. The summed E-state index contributed by atoms with van der Waals surface area (Å²) in [7, 11) is 0. The first-order valence-electron chi connectivity index (χ1n) is 6.70. The zero-order valence-corrected chi connectivity index (χ0v) is 12.1. The van der Waals surface area contributed by atoms with Crippen LogP contribution in [0.3, 0.4) is 0 Å². The predicted octanol–water partition coefficient (Wildman–Crippen LogP) is 3.00. The number of aromatic nitrogens is 3. The van der Waals surface area contributed by atoms with Crippen molar-refractivity contribution in [3.05, 3.63) is 40.9 Å². The fourth-order valence-corrected chi connectivity index (χ4v) is 1.97. The summed E-state index contributed by atoms with van der Waals surface area (Å²) in [5.74, 6) is -6.31. The van der Waals surface area contributed by atoms with Crippen LogP contribution in [0.25, 0.3) is 22.4 Å². The fourth-order valence-electron chi connectivity index (χ4n) is 1.97. The zero-order chi connectivity index (χ0) is 18.2. The Morgan fingerprint density at radius 3 is 2.64 bits per heavy atom. The molecule has 0 fully saturated rings. The van der Waals surface area contributed by atoms with Gasteiger partial charge in [0.15, 0.2) is 18.0 Å². The van der Waals surface area contributed by atoms with E-state index in [0.29, 0.717) is 0 Å². The number of H-pyrrole nitrogens is 1. The monoisotopic (exact) mass is 361 g/mol.